The number of imidazole rings is 1. The summed E-state index contributed by atoms with van der Waals surface area (Å²) in [5.74, 6) is 0.926. The largest absolute Gasteiger partial charge is 0.339 e. The molecule has 0 spiro atoms. The van der Waals surface area contributed by atoms with Crippen LogP contribution in [0.1, 0.15) is 32.5 Å². The first-order valence-corrected chi connectivity index (χ1v) is 5.62. The van der Waals surface area contributed by atoms with Crippen molar-refractivity contribution in [2.24, 2.45) is 5.73 Å². The first kappa shape index (κ1) is 11.0. The lowest BCUT2D eigenvalue weighted by molar-refractivity contribution is 0.387. The summed E-state index contributed by atoms with van der Waals surface area (Å²) in [6.45, 7) is 4.86. The average molecular weight is 219 g/mol. The van der Waals surface area contributed by atoms with Gasteiger partial charge in [0, 0.05) is 12.0 Å². The molecule has 0 saturated carbocycles. The number of aromatic amines is 1. The SMILES string of the molecule is CCC(CC)(CN)c1nc2ncncc2[nH]1. The molecule has 3 N–H and O–H groups in total. The Morgan fingerprint density at radius 2 is 2.12 bits per heavy atom. The Balaban J connectivity index is 2.53. The second-order valence-electron chi connectivity index (χ2n) is 4.04. The molecule has 0 aromatic carbocycles. The summed E-state index contributed by atoms with van der Waals surface area (Å²) in [7, 11) is 0. The minimum absolute atomic E-state index is 0.0687. The molecule has 2 aromatic rings. The highest BCUT2D eigenvalue weighted by molar-refractivity contribution is 5.69. The first-order chi connectivity index (χ1) is 7.75. The molecule has 86 valence electrons. The number of hydrogen-bond acceptors (Lipinski definition) is 4. The second-order valence-corrected chi connectivity index (χ2v) is 4.04. The lowest BCUT2D eigenvalue weighted by Crippen LogP contribution is -2.35. The van der Waals surface area contributed by atoms with Crippen LogP contribution in [0.5, 0.6) is 0 Å². The zero-order valence-corrected chi connectivity index (χ0v) is 9.70. The summed E-state index contributed by atoms with van der Waals surface area (Å²) < 4.78 is 0. The highest BCUT2D eigenvalue weighted by Gasteiger charge is 2.30. The van der Waals surface area contributed by atoms with Gasteiger partial charge in [0.1, 0.15) is 17.7 Å². The van der Waals surface area contributed by atoms with E-state index in [-0.39, 0.29) is 5.41 Å². The first-order valence-electron chi connectivity index (χ1n) is 5.62. The molecule has 0 aliphatic rings. The maximum Gasteiger partial charge on any atom is 0.180 e. The summed E-state index contributed by atoms with van der Waals surface area (Å²) in [4.78, 5) is 15.9. The second kappa shape index (κ2) is 4.17. The molecule has 0 atom stereocenters. The third-order valence-electron chi connectivity index (χ3n) is 3.41. The molecule has 5 heteroatoms. The fourth-order valence-electron chi connectivity index (χ4n) is 1.98. The summed E-state index contributed by atoms with van der Waals surface area (Å²) in [6, 6.07) is 0. The lowest BCUT2D eigenvalue weighted by atomic mass is 9.82. The van der Waals surface area contributed by atoms with E-state index in [0.717, 1.165) is 24.2 Å². The zero-order chi connectivity index (χ0) is 11.6. The van der Waals surface area contributed by atoms with Crippen molar-refractivity contribution in [3.63, 3.8) is 0 Å². The molecule has 0 aliphatic carbocycles. The zero-order valence-electron chi connectivity index (χ0n) is 9.70. The average Bonchev–Trinajstić information content (AvgIpc) is 2.76. The van der Waals surface area contributed by atoms with Crippen LogP contribution in [0.3, 0.4) is 0 Å². The van der Waals surface area contributed by atoms with E-state index < -0.39 is 0 Å². The van der Waals surface area contributed by atoms with Crippen LogP contribution in [-0.2, 0) is 5.41 Å². The Morgan fingerprint density at radius 3 is 2.69 bits per heavy atom. The molecule has 5 nitrogen and oxygen atoms in total. The van der Waals surface area contributed by atoms with Crippen LogP contribution in [-0.4, -0.2) is 26.5 Å². The topological polar surface area (TPSA) is 80.5 Å². The van der Waals surface area contributed by atoms with E-state index in [0.29, 0.717) is 12.2 Å². The monoisotopic (exact) mass is 219 g/mol. The van der Waals surface area contributed by atoms with Crippen LogP contribution in [0.15, 0.2) is 12.5 Å². The van der Waals surface area contributed by atoms with Crippen molar-refractivity contribution in [2.75, 3.05) is 6.54 Å². The molecular weight excluding hydrogens is 202 g/mol. The van der Waals surface area contributed by atoms with Crippen LogP contribution in [0, 0.1) is 0 Å². The van der Waals surface area contributed by atoms with Crippen molar-refractivity contribution < 1.29 is 0 Å². The predicted octanol–water partition coefficient (Wildman–Crippen LogP) is 1.37. The molecule has 0 amide bonds. The number of rotatable bonds is 4. The van der Waals surface area contributed by atoms with Crippen molar-refractivity contribution in [3.05, 3.63) is 18.3 Å². The van der Waals surface area contributed by atoms with E-state index in [4.69, 9.17) is 5.73 Å². The number of hydrogen-bond donors (Lipinski definition) is 2. The molecule has 0 bridgehead atoms. The molecule has 2 aromatic heterocycles. The molecular formula is C11H17N5. The van der Waals surface area contributed by atoms with E-state index >= 15 is 0 Å². The fourth-order valence-corrected chi connectivity index (χ4v) is 1.98. The Hall–Kier alpha value is -1.49. The van der Waals surface area contributed by atoms with Crippen molar-refractivity contribution in [1.29, 1.82) is 0 Å². The van der Waals surface area contributed by atoms with Crippen LogP contribution >= 0.6 is 0 Å². The Morgan fingerprint density at radius 1 is 1.38 bits per heavy atom. The van der Waals surface area contributed by atoms with Gasteiger partial charge in [-0.05, 0) is 12.8 Å². The van der Waals surface area contributed by atoms with Gasteiger partial charge >= 0.3 is 0 Å². The van der Waals surface area contributed by atoms with Crippen molar-refractivity contribution >= 4 is 11.2 Å². The highest BCUT2D eigenvalue weighted by Crippen LogP contribution is 2.29. The summed E-state index contributed by atoms with van der Waals surface area (Å²) in [5.41, 5.74) is 7.40. The summed E-state index contributed by atoms with van der Waals surface area (Å²) >= 11 is 0. The van der Waals surface area contributed by atoms with Crippen LogP contribution in [0.25, 0.3) is 11.2 Å². The smallest absolute Gasteiger partial charge is 0.180 e. The van der Waals surface area contributed by atoms with E-state index in [2.05, 4.69) is 33.8 Å². The van der Waals surface area contributed by atoms with Gasteiger partial charge in [-0.3, -0.25) is 0 Å². The molecule has 0 radical (unpaired) electrons. The van der Waals surface area contributed by atoms with Crippen molar-refractivity contribution in [2.45, 2.75) is 32.1 Å². The third kappa shape index (κ3) is 1.57. The van der Waals surface area contributed by atoms with Gasteiger partial charge in [-0.25, -0.2) is 15.0 Å². The fraction of sp³-hybridized carbons (Fsp3) is 0.545. The Labute approximate surface area is 94.5 Å². The van der Waals surface area contributed by atoms with Crippen LogP contribution < -0.4 is 5.73 Å². The molecule has 0 saturated heterocycles. The Bertz CT molecular complexity index is 431. The summed E-state index contributed by atoms with van der Waals surface area (Å²) in [6.07, 6.45) is 5.18. The maximum atomic E-state index is 5.89. The number of fused-ring (bicyclic) bond motifs is 1. The van der Waals surface area contributed by atoms with Gasteiger partial charge < -0.3 is 10.7 Å². The highest BCUT2D eigenvalue weighted by atomic mass is 15.0. The van der Waals surface area contributed by atoms with E-state index in [1.165, 1.54) is 6.33 Å². The minimum Gasteiger partial charge on any atom is -0.339 e. The molecule has 2 rings (SSSR count). The predicted molar refractivity (Wildman–Crippen MR) is 63.0 cm³/mol. The van der Waals surface area contributed by atoms with Gasteiger partial charge in [-0.15, -0.1) is 0 Å². The van der Waals surface area contributed by atoms with E-state index in [9.17, 15) is 0 Å². The Kier molecular flexibility index (Phi) is 2.87. The number of H-pyrrole nitrogens is 1. The lowest BCUT2D eigenvalue weighted by Gasteiger charge is -2.27. The van der Waals surface area contributed by atoms with Crippen LogP contribution in [0.4, 0.5) is 0 Å². The van der Waals surface area contributed by atoms with Gasteiger partial charge in [0.15, 0.2) is 5.65 Å². The maximum absolute atomic E-state index is 5.89. The van der Waals surface area contributed by atoms with Gasteiger partial charge in [0.25, 0.3) is 0 Å². The number of nitrogens with one attached hydrogen (secondary N) is 1. The molecule has 0 aliphatic heterocycles. The van der Waals surface area contributed by atoms with E-state index in [1.807, 2.05) is 0 Å². The van der Waals surface area contributed by atoms with Crippen molar-refractivity contribution in [3.8, 4) is 0 Å². The normalized spacial score (nSPS) is 12.2. The van der Waals surface area contributed by atoms with E-state index in [1.54, 1.807) is 6.20 Å². The molecule has 2 heterocycles. The van der Waals surface area contributed by atoms with Gasteiger partial charge in [-0.2, -0.15) is 0 Å². The summed E-state index contributed by atoms with van der Waals surface area (Å²) in [5, 5.41) is 0. The molecule has 0 fully saturated rings. The van der Waals surface area contributed by atoms with Gasteiger partial charge in [0.05, 0.1) is 6.20 Å². The minimum atomic E-state index is -0.0687. The number of nitrogens with two attached hydrogens (primary N) is 1. The van der Waals surface area contributed by atoms with Crippen LogP contribution in [0.2, 0.25) is 0 Å². The molecule has 0 unspecified atom stereocenters. The quantitative estimate of drug-likeness (QED) is 0.813. The third-order valence-corrected chi connectivity index (χ3v) is 3.41. The molecule has 16 heavy (non-hydrogen) atoms. The van der Waals surface area contributed by atoms with Crippen molar-refractivity contribution in [1.82, 2.24) is 19.9 Å². The number of aromatic nitrogens is 4. The van der Waals surface area contributed by atoms with Gasteiger partial charge in [-0.1, -0.05) is 13.8 Å². The number of nitrogens with zero attached hydrogens (tertiary/aromatic N) is 3. The standard InChI is InChI=1S/C11H17N5/c1-3-11(4-2,6-12)10-15-8-5-13-7-14-9(8)16-10/h5,7H,3-4,6,12H2,1-2H3,(H,13,14,15,16). The van der Waals surface area contributed by atoms with Gasteiger partial charge in [0.2, 0.25) is 0 Å².